The maximum atomic E-state index is 13.5. The van der Waals surface area contributed by atoms with Crippen LogP contribution in [-0.4, -0.2) is 26.0 Å². The second-order valence-corrected chi connectivity index (χ2v) is 11.3. The van der Waals surface area contributed by atoms with Gasteiger partial charge < -0.3 is 9.84 Å². The highest BCUT2D eigenvalue weighted by atomic mass is 32.2. The van der Waals surface area contributed by atoms with E-state index in [4.69, 9.17) is 9.84 Å². The van der Waals surface area contributed by atoms with E-state index in [-0.39, 0.29) is 34.7 Å². The fourth-order valence-corrected chi connectivity index (χ4v) is 5.99. The van der Waals surface area contributed by atoms with E-state index in [0.29, 0.717) is 11.1 Å². The van der Waals surface area contributed by atoms with Crippen LogP contribution < -0.4 is 9.04 Å². The van der Waals surface area contributed by atoms with Crippen LogP contribution in [0.25, 0.3) is 6.08 Å². The van der Waals surface area contributed by atoms with Gasteiger partial charge in [-0.1, -0.05) is 44.2 Å². The van der Waals surface area contributed by atoms with Crippen molar-refractivity contribution in [2.45, 2.75) is 30.8 Å². The van der Waals surface area contributed by atoms with Crippen LogP contribution >= 0.6 is 11.3 Å². The summed E-state index contributed by atoms with van der Waals surface area (Å²) in [6.45, 7) is 3.52. The first kappa shape index (κ1) is 27.3. The molecule has 0 fully saturated rings. The molecule has 6 nitrogen and oxygen atoms in total. The molecule has 0 radical (unpaired) electrons. The summed E-state index contributed by atoms with van der Waals surface area (Å²) in [5.74, 6) is -1.44. The van der Waals surface area contributed by atoms with Gasteiger partial charge in [-0.3, -0.25) is 4.31 Å². The first-order chi connectivity index (χ1) is 16.9. The van der Waals surface area contributed by atoms with Crippen molar-refractivity contribution in [2.24, 2.45) is 5.92 Å². The molecular weight excluding hydrogens is 515 g/mol. The van der Waals surface area contributed by atoms with Crippen molar-refractivity contribution in [3.8, 4) is 5.75 Å². The van der Waals surface area contributed by atoms with E-state index in [1.165, 1.54) is 12.1 Å². The molecule has 3 rings (SSSR count). The van der Waals surface area contributed by atoms with Gasteiger partial charge in [-0.2, -0.15) is 13.2 Å². The molecule has 0 saturated heterocycles. The molecule has 0 bridgehead atoms. The summed E-state index contributed by atoms with van der Waals surface area (Å²) in [6.07, 6.45) is -2.26. The van der Waals surface area contributed by atoms with Crippen LogP contribution in [0.1, 0.15) is 30.5 Å². The minimum absolute atomic E-state index is 0.00566. The van der Waals surface area contributed by atoms with Gasteiger partial charge in [-0.05, 0) is 52.8 Å². The number of alkyl halides is 3. The zero-order valence-corrected chi connectivity index (χ0v) is 21.0. The minimum Gasteiger partial charge on any atom is -0.487 e. The Hall–Kier alpha value is -3.31. The Morgan fingerprint density at radius 2 is 1.83 bits per heavy atom. The number of halogens is 3. The van der Waals surface area contributed by atoms with Crippen LogP contribution in [0, 0.1) is 5.92 Å². The molecule has 0 aliphatic carbocycles. The minimum atomic E-state index is -4.65. The Kier molecular flexibility index (Phi) is 8.47. The number of anilines is 1. The fraction of sp³-hybridized carbons (Fsp3) is 0.240. The number of carboxylic acid groups (broad SMARTS) is 1. The smallest absolute Gasteiger partial charge is 0.416 e. The number of benzene rings is 2. The lowest BCUT2D eigenvalue weighted by Gasteiger charge is -2.28. The number of hydrogen-bond acceptors (Lipinski definition) is 5. The van der Waals surface area contributed by atoms with Crippen LogP contribution in [0.3, 0.4) is 0 Å². The predicted molar refractivity (Wildman–Crippen MR) is 133 cm³/mol. The molecule has 1 aromatic heterocycles. The molecule has 1 heterocycles. The lowest BCUT2D eigenvalue weighted by atomic mass is 10.1. The van der Waals surface area contributed by atoms with Gasteiger partial charge in [-0.15, -0.1) is 11.3 Å². The van der Waals surface area contributed by atoms with Gasteiger partial charge in [0.15, 0.2) is 0 Å². The molecule has 2 aromatic carbocycles. The quantitative estimate of drug-likeness (QED) is 0.306. The Labute approximate surface area is 211 Å². The normalized spacial score (nSPS) is 12.3. The zero-order valence-electron chi connectivity index (χ0n) is 19.4. The standard InChI is InChI=1S/C25H24F3NO5S2/c1-17(2)15-29(36(32,33)24-4-3-13-35-24)21-11-10-20(25(26,27)28)14-22(21)34-16-19-7-5-18(6-8-19)9-12-23(30)31/h3-14,17H,15-16H2,1-2H3,(H,30,31). The van der Waals surface area contributed by atoms with Crippen LogP contribution in [0.4, 0.5) is 18.9 Å². The van der Waals surface area contributed by atoms with Crippen molar-refractivity contribution in [1.82, 2.24) is 0 Å². The lowest BCUT2D eigenvalue weighted by molar-refractivity contribution is -0.137. The average molecular weight is 540 g/mol. The van der Waals surface area contributed by atoms with Crippen molar-refractivity contribution in [3.05, 3.63) is 82.7 Å². The second-order valence-electron chi connectivity index (χ2n) is 8.24. The SMILES string of the molecule is CC(C)CN(c1ccc(C(F)(F)F)cc1OCc1ccc(C=CC(=O)O)cc1)S(=O)(=O)c1cccs1. The third kappa shape index (κ3) is 6.88. The first-order valence-electron chi connectivity index (χ1n) is 10.8. The largest absolute Gasteiger partial charge is 0.487 e. The fourth-order valence-electron chi connectivity index (χ4n) is 3.24. The molecule has 0 amide bonds. The molecule has 192 valence electrons. The van der Waals surface area contributed by atoms with Crippen molar-refractivity contribution < 1.29 is 36.2 Å². The molecule has 11 heteroatoms. The molecule has 3 aromatic rings. The summed E-state index contributed by atoms with van der Waals surface area (Å²) in [7, 11) is -4.04. The second kappa shape index (κ2) is 11.2. The highest BCUT2D eigenvalue weighted by Crippen LogP contribution is 2.39. The molecule has 0 spiro atoms. The summed E-state index contributed by atoms with van der Waals surface area (Å²) >= 11 is 1.02. The van der Waals surface area contributed by atoms with Crippen LogP contribution in [-0.2, 0) is 27.6 Å². The molecule has 1 N–H and O–H groups in total. The maximum absolute atomic E-state index is 13.5. The van der Waals surface area contributed by atoms with Crippen LogP contribution in [0.2, 0.25) is 0 Å². The molecule has 0 aliphatic rings. The monoisotopic (exact) mass is 539 g/mol. The van der Waals surface area contributed by atoms with Crippen molar-refractivity contribution in [2.75, 3.05) is 10.8 Å². The van der Waals surface area contributed by atoms with Gasteiger partial charge in [0.05, 0.1) is 11.3 Å². The number of carboxylic acids is 1. The summed E-state index contributed by atoms with van der Waals surface area (Å²) < 4.78 is 74.1. The number of thiophene rings is 1. The van der Waals surface area contributed by atoms with E-state index in [2.05, 4.69) is 0 Å². The molecule has 0 atom stereocenters. The number of aliphatic carboxylic acids is 1. The molecule has 36 heavy (non-hydrogen) atoms. The van der Waals surface area contributed by atoms with Gasteiger partial charge >= 0.3 is 12.1 Å². The molecule has 0 aliphatic heterocycles. The Balaban J connectivity index is 1.99. The van der Waals surface area contributed by atoms with Crippen molar-refractivity contribution >= 4 is 39.1 Å². The van der Waals surface area contributed by atoms with E-state index >= 15 is 0 Å². The number of rotatable bonds is 10. The summed E-state index contributed by atoms with van der Waals surface area (Å²) in [4.78, 5) is 10.7. The number of sulfonamides is 1. The summed E-state index contributed by atoms with van der Waals surface area (Å²) in [6, 6.07) is 12.3. The van der Waals surface area contributed by atoms with E-state index < -0.39 is 27.7 Å². The lowest BCUT2D eigenvalue weighted by Crippen LogP contribution is -2.34. The molecule has 0 saturated carbocycles. The highest BCUT2D eigenvalue weighted by molar-refractivity contribution is 7.94. The number of carbonyl (C=O) groups is 1. The van der Waals surface area contributed by atoms with Crippen LogP contribution in [0.5, 0.6) is 5.75 Å². The van der Waals surface area contributed by atoms with E-state index in [1.54, 1.807) is 35.7 Å². The van der Waals surface area contributed by atoms with Crippen molar-refractivity contribution in [3.63, 3.8) is 0 Å². The number of ether oxygens (including phenoxy) is 1. The van der Waals surface area contributed by atoms with Gasteiger partial charge in [-0.25, -0.2) is 13.2 Å². The topological polar surface area (TPSA) is 83.9 Å². The third-order valence-electron chi connectivity index (χ3n) is 4.92. The van der Waals surface area contributed by atoms with E-state index in [0.717, 1.165) is 39.9 Å². The average Bonchev–Trinajstić information content (AvgIpc) is 3.36. The van der Waals surface area contributed by atoms with E-state index in [9.17, 15) is 26.4 Å². The van der Waals surface area contributed by atoms with Crippen LogP contribution in [0.15, 0.2) is 70.3 Å². The van der Waals surface area contributed by atoms with Gasteiger partial charge in [0.1, 0.15) is 16.6 Å². The number of nitrogens with zero attached hydrogens (tertiary/aromatic N) is 1. The first-order valence-corrected chi connectivity index (χ1v) is 13.1. The summed E-state index contributed by atoms with van der Waals surface area (Å²) in [5, 5.41) is 10.3. The van der Waals surface area contributed by atoms with E-state index in [1.807, 2.05) is 13.8 Å². The molecular formula is C25H24F3NO5S2. The Morgan fingerprint density at radius 1 is 1.14 bits per heavy atom. The molecule has 0 unspecified atom stereocenters. The Bertz CT molecular complexity index is 1320. The van der Waals surface area contributed by atoms with Gasteiger partial charge in [0.25, 0.3) is 10.0 Å². The third-order valence-corrected chi connectivity index (χ3v) is 8.07. The maximum Gasteiger partial charge on any atom is 0.416 e. The highest BCUT2D eigenvalue weighted by Gasteiger charge is 2.34. The number of hydrogen-bond donors (Lipinski definition) is 1. The predicted octanol–water partition coefficient (Wildman–Crippen LogP) is 6.30. The van der Waals surface area contributed by atoms with Crippen molar-refractivity contribution in [1.29, 1.82) is 0 Å². The van der Waals surface area contributed by atoms with Gasteiger partial charge in [0, 0.05) is 12.6 Å². The summed E-state index contributed by atoms with van der Waals surface area (Å²) in [5.41, 5.74) is 0.257. The zero-order chi connectivity index (χ0) is 26.5. The Morgan fingerprint density at radius 3 is 2.39 bits per heavy atom. The van der Waals surface area contributed by atoms with Gasteiger partial charge in [0.2, 0.25) is 0 Å².